The van der Waals surface area contributed by atoms with Crippen molar-refractivity contribution in [3.8, 4) is 10.6 Å². The molecule has 7 heteroatoms. The van der Waals surface area contributed by atoms with Crippen molar-refractivity contribution in [3.05, 3.63) is 32.7 Å². The van der Waals surface area contributed by atoms with Gasteiger partial charge in [0.15, 0.2) is 0 Å². The largest absolute Gasteiger partial charge is 0.383 e. The van der Waals surface area contributed by atoms with Crippen molar-refractivity contribution in [2.75, 3.05) is 26.8 Å². The summed E-state index contributed by atoms with van der Waals surface area (Å²) in [6.07, 6.45) is 0.871. The van der Waals surface area contributed by atoms with E-state index in [-0.39, 0.29) is 0 Å². The van der Waals surface area contributed by atoms with Gasteiger partial charge in [-0.1, -0.05) is 29.0 Å². The second-order valence-electron chi connectivity index (χ2n) is 4.12. The van der Waals surface area contributed by atoms with Gasteiger partial charge in [-0.25, -0.2) is 0 Å². The molecule has 0 saturated heterocycles. The van der Waals surface area contributed by atoms with Gasteiger partial charge in [0.05, 0.1) is 11.6 Å². The topological polar surface area (TPSA) is 47.0 Å². The fourth-order valence-electron chi connectivity index (χ4n) is 1.60. The highest BCUT2D eigenvalue weighted by atomic mass is 79.9. The van der Waals surface area contributed by atoms with Gasteiger partial charge in [-0.2, -0.15) is 0 Å². The summed E-state index contributed by atoms with van der Waals surface area (Å²) in [7, 11) is 1.70. The lowest BCUT2D eigenvalue weighted by molar-refractivity contribution is 0.199. The molecule has 108 valence electrons. The normalized spacial score (nSPS) is 10.9. The van der Waals surface area contributed by atoms with Crippen LogP contribution in [0.3, 0.4) is 0 Å². The molecule has 0 fully saturated rings. The molecule has 0 aliphatic heterocycles. The molecule has 1 aromatic heterocycles. The molecule has 1 heterocycles. The summed E-state index contributed by atoms with van der Waals surface area (Å²) in [5.74, 6) is 0. The Morgan fingerprint density at radius 1 is 1.35 bits per heavy atom. The second kappa shape index (κ2) is 8.05. The monoisotopic (exact) mass is 375 g/mol. The third-order valence-corrected chi connectivity index (χ3v) is 4.88. The quantitative estimate of drug-likeness (QED) is 0.752. The van der Waals surface area contributed by atoms with E-state index in [0.717, 1.165) is 46.2 Å². The maximum Gasteiger partial charge on any atom is 0.147 e. The van der Waals surface area contributed by atoms with Crippen LogP contribution in [0.1, 0.15) is 5.01 Å². The summed E-state index contributed by atoms with van der Waals surface area (Å²) in [6.45, 7) is 2.45. The molecule has 2 rings (SSSR count). The molecule has 0 aliphatic carbocycles. The molecule has 0 spiro atoms. The molecular weight excluding hydrogens is 362 g/mol. The maximum absolute atomic E-state index is 5.99. The molecule has 0 aliphatic rings. The molecular formula is C13H15BrClN3OS. The number of rotatable bonds is 7. The summed E-state index contributed by atoms with van der Waals surface area (Å²) in [4.78, 5) is 0. The van der Waals surface area contributed by atoms with Crippen LogP contribution in [0.4, 0.5) is 0 Å². The minimum Gasteiger partial charge on any atom is -0.383 e. The molecule has 0 radical (unpaired) electrons. The number of hydrogen-bond acceptors (Lipinski definition) is 5. The Balaban J connectivity index is 1.93. The standard InChI is InChI=1S/C13H15BrClN3OS/c1-19-7-6-16-5-4-12-17-18-13(20-12)9-2-3-11(15)10(14)8-9/h2-3,8,16H,4-7H2,1H3. The van der Waals surface area contributed by atoms with Crippen LogP contribution >= 0.6 is 38.9 Å². The zero-order valence-corrected chi connectivity index (χ0v) is 14.2. The van der Waals surface area contributed by atoms with E-state index < -0.39 is 0 Å². The molecule has 0 amide bonds. The maximum atomic E-state index is 5.99. The Kier molecular flexibility index (Phi) is 6.38. The van der Waals surface area contributed by atoms with E-state index in [1.165, 1.54) is 0 Å². The van der Waals surface area contributed by atoms with Crippen molar-refractivity contribution in [2.45, 2.75) is 6.42 Å². The molecule has 1 N–H and O–H groups in total. The highest BCUT2D eigenvalue weighted by molar-refractivity contribution is 9.10. The third-order valence-electron chi connectivity index (χ3n) is 2.63. The molecule has 2 aromatic rings. The number of nitrogens with zero attached hydrogens (tertiary/aromatic N) is 2. The summed E-state index contributed by atoms with van der Waals surface area (Å²) < 4.78 is 5.84. The average Bonchev–Trinajstić information content (AvgIpc) is 2.90. The van der Waals surface area contributed by atoms with Crippen LogP contribution in [0.2, 0.25) is 5.02 Å². The smallest absolute Gasteiger partial charge is 0.147 e. The number of hydrogen-bond donors (Lipinski definition) is 1. The van der Waals surface area contributed by atoms with Gasteiger partial charge < -0.3 is 10.1 Å². The zero-order valence-electron chi connectivity index (χ0n) is 11.0. The van der Waals surface area contributed by atoms with E-state index in [9.17, 15) is 0 Å². The van der Waals surface area contributed by atoms with Gasteiger partial charge >= 0.3 is 0 Å². The fraction of sp³-hybridized carbons (Fsp3) is 0.385. The van der Waals surface area contributed by atoms with Crippen LogP contribution in [0.25, 0.3) is 10.6 Å². The molecule has 0 saturated carbocycles. The first kappa shape index (κ1) is 15.9. The molecule has 20 heavy (non-hydrogen) atoms. The van der Waals surface area contributed by atoms with Gasteiger partial charge in [0.25, 0.3) is 0 Å². The number of nitrogens with one attached hydrogen (secondary N) is 1. The van der Waals surface area contributed by atoms with E-state index >= 15 is 0 Å². The van der Waals surface area contributed by atoms with Crippen molar-refractivity contribution < 1.29 is 4.74 Å². The number of methoxy groups -OCH3 is 1. The van der Waals surface area contributed by atoms with Crippen molar-refractivity contribution in [1.82, 2.24) is 15.5 Å². The zero-order chi connectivity index (χ0) is 14.4. The lowest BCUT2D eigenvalue weighted by atomic mass is 10.2. The first-order chi connectivity index (χ1) is 9.70. The first-order valence-corrected chi connectivity index (χ1v) is 8.17. The van der Waals surface area contributed by atoms with Gasteiger partial charge in [0, 0.05) is 36.7 Å². The SMILES string of the molecule is COCCNCCc1nnc(-c2ccc(Cl)c(Br)c2)s1. The van der Waals surface area contributed by atoms with Gasteiger partial charge in [0.1, 0.15) is 10.0 Å². The van der Waals surface area contributed by atoms with E-state index in [1.807, 2.05) is 18.2 Å². The number of halogens is 2. The minimum atomic E-state index is 0.695. The summed E-state index contributed by atoms with van der Waals surface area (Å²) in [6, 6.07) is 5.77. The Hall–Kier alpha value is -0.530. The Morgan fingerprint density at radius 3 is 2.95 bits per heavy atom. The number of benzene rings is 1. The number of ether oxygens (including phenoxy) is 1. The van der Waals surface area contributed by atoms with Crippen molar-refractivity contribution in [1.29, 1.82) is 0 Å². The van der Waals surface area contributed by atoms with Crippen molar-refractivity contribution in [3.63, 3.8) is 0 Å². The minimum absolute atomic E-state index is 0.695. The third kappa shape index (κ3) is 4.49. The van der Waals surface area contributed by atoms with Gasteiger partial charge in [-0.3, -0.25) is 0 Å². The molecule has 1 aromatic carbocycles. The molecule has 4 nitrogen and oxygen atoms in total. The Labute approximate surface area is 135 Å². The summed E-state index contributed by atoms with van der Waals surface area (Å²) in [5, 5.41) is 14.4. The van der Waals surface area contributed by atoms with Crippen LogP contribution < -0.4 is 5.32 Å². The molecule has 0 bridgehead atoms. The summed E-state index contributed by atoms with van der Waals surface area (Å²) in [5.41, 5.74) is 1.03. The lowest BCUT2D eigenvalue weighted by Gasteiger charge is -2.01. The first-order valence-electron chi connectivity index (χ1n) is 6.18. The van der Waals surface area contributed by atoms with Gasteiger partial charge in [0.2, 0.25) is 0 Å². The Morgan fingerprint density at radius 2 is 2.20 bits per heavy atom. The van der Waals surface area contributed by atoms with Crippen molar-refractivity contribution >= 4 is 38.9 Å². The average molecular weight is 377 g/mol. The lowest BCUT2D eigenvalue weighted by Crippen LogP contribution is -2.21. The predicted molar refractivity (Wildman–Crippen MR) is 86.5 cm³/mol. The Bertz CT molecular complexity index is 564. The molecule has 0 unspecified atom stereocenters. The van der Waals surface area contributed by atoms with E-state index in [1.54, 1.807) is 18.4 Å². The van der Waals surface area contributed by atoms with Crippen LogP contribution in [-0.2, 0) is 11.2 Å². The number of aromatic nitrogens is 2. The molecule has 0 atom stereocenters. The van der Waals surface area contributed by atoms with Crippen molar-refractivity contribution in [2.24, 2.45) is 0 Å². The van der Waals surface area contributed by atoms with E-state index in [4.69, 9.17) is 16.3 Å². The van der Waals surface area contributed by atoms with E-state index in [2.05, 4.69) is 31.4 Å². The van der Waals surface area contributed by atoms with E-state index in [0.29, 0.717) is 5.02 Å². The fourth-order valence-corrected chi connectivity index (χ4v) is 2.93. The predicted octanol–water partition coefficient (Wildman–Crippen LogP) is 3.40. The highest BCUT2D eigenvalue weighted by Crippen LogP contribution is 2.30. The van der Waals surface area contributed by atoms with Gasteiger partial charge in [-0.05, 0) is 28.1 Å². The van der Waals surface area contributed by atoms with Crippen LogP contribution in [-0.4, -0.2) is 37.0 Å². The summed E-state index contributed by atoms with van der Waals surface area (Å²) >= 11 is 11.0. The van der Waals surface area contributed by atoms with Crippen LogP contribution in [0, 0.1) is 0 Å². The highest BCUT2D eigenvalue weighted by Gasteiger charge is 2.08. The van der Waals surface area contributed by atoms with Crippen LogP contribution in [0.5, 0.6) is 0 Å². The second-order valence-corrected chi connectivity index (χ2v) is 6.45. The van der Waals surface area contributed by atoms with Gasteiger partial charge in [-0.15, -0.1) is 10.2 Å². The van der Waals surface area contributed by atoms with Crippen LogP contribution in [0.15, 0.2) is 22.7 Å².